The number of thiophene rings is 2. The minimum atomic E-state index is -0.170. The van der Waals surface area contributed by atoms with Crippen LogP contribution in [0, 0.1) is 20.8 Å². The van der Waals surface area contributed by atoms with Crippen LogP contribution in [0.5, 0.6) is 0 Å². The smallest absolute Gasteiger partial charge is 0.263 e. The number of fused-ring (bicyclic) bond motifs is 1. The number of hydrogen-bond donors (Lipinski definition) is 0. The summed E-state index contributed by atoms with van der Waals surface area (Å²) in [5, 5.41) is 2.55. The van der Waals surface area contributed by atoms with E-state index in [1.54, 1.807) is 0 Å². The van der Waals surface area contributed by atoms with Crippen LogP contribution in [0.15, 0.2) is 46.8 Å². The van der Waals surface area contributed by atoms with Crippen molar-refractivity contribution < 1.29 is 4.79 Å². The van der Waals surface area contributed by atoms with Crippen LogP contribution in [0.3, 0.4) is 0 Å². The van der Waals surface area contributed by atoms with Gasteiger partial charge in [-0.3, -0.25) is 14.2 Å². The predicted molar refractivity (Wildman–Crippen MR) is 112 cm³/mol. The maximum Gasteiger partial charge on any atom is 0.263 e. The minimum Gasteiger partial charge on any atom is -0.291 e. The fourth-order valence-corrected chi connectivity index (χ4v) is 4.72. The first-order valence-electron chi connectivity index (χ1n) is 8.58. The Morgan fingerprint density at radius 1 is 1.11 bits per heavy atom. The van der Waals surface area contributed by atoms with Crippen molar-refractivity contribution in [3.05, 3.63) is 73.3 Å². The van der Waals surface area contributed by atoms with Crippen molar-refractivity contribution in [1.82, 2.24) is 9.55 Å². The molecule has 0 spiro atoms. The van der Waals surface area contributed by atoms with Crippen LogP contribution >= 0.6 is 22.7 Å². The molecule has 0 aliphatic carbocycles. The number of nitrogens with zero attached hydrogens (tertiary/aromatic N) is 2. The van der Waals surface area contributed by atoms with E-state index in [0.717, 1.165) is 16.0 Å². The Labute approximate surface area is 164 Å². The van der Waals surface area contributed by atoms with Crippen molar-refractivity contribution in [3.63, 3.8) is 0 Å². The largest absolute Gasteiger partial charge is 0.291 e. The molecule has 0 N–H and O–H groups in total. The van der Waals surface area contributed by atoms with Gasteiger partial charge < -0.3 is 0 Å². The van der Waals surface area contributed by atoms with Gasteiger partial charge in [-0.1, -0.05) is 18.2 Å². The molecule has 4 aromatic rings. The van der Waals surface area contributed by atoms with E-state index in [1.807, 2.05) is 30.5 Å². The van der Waals surface area contributed by atoms with Gasteiger partial charge in [-0.2, -0.15) is 0 Å². The molecule has 0 saturated heterocycles. The Kier molecular flexibility index (Phi) is 4.53. The molecule has 0 radical (unpaired) electrons. The first-order chi connectivity index (χ1) is 12.9. The van der Waals surface area contributed by atoms with Gasteiger partial charge in [0.15, 0.2) is 5.78 Å². The number of Topliss-reactive ketones (excluding diaryl/α,β-unsaturated/α-hetero) is 1. The average molecular weight is 395 g/mol. The maximum atomic E-state index is 13.1. The molecule has 4 nitrogen and oxygen atoms in total. The Balaban J connectivity index is 1.78. The van der Waals surface area contributed by atoms with Crippen molar-refractivity contribution in [3.8, 4) is 11.1 Å². The number of aryl methyl sites for hydroxylation is 3. The summed E-state index contributed by atoms with van der Waals surface area (Å²) in [6.45, 7) is 6.09. The van der Waals surface area contributed by atoms with Gasteiger partial charge in [-0.15, -0.1) is 22.7 Å². The summed E-state index contributed by atoms with van der Waals surface area (Å²) in [6.07, 6.45) is 1.48. The van der Waals surface area contributed by atoms with E-state index in [9.17, 15) is 9.59 Å². The van der Waals surface area contributed by atoms with E-state index in [1.165, 1.54) is 44.7 Å². The first-order valence-corrected chi connectivity index (χ1v) is 10.3. The second-order valence-electron chi connectivity index (χ2n) is 6.64. The van der Waals surface area contributed by atoms with Crippen LogP contribution in [0.25, 0.3) is 21.3 Å². The monoisotopic (exact) mass is 394 g/mol. The molecule has 0 aliphatic rings. The van der Waals surface area contributed by atoms with Crippen molar-refractivity contribution in [2.75, 3.05) is 0 Å². The lowest BCUT2D eigenvalue weighted by Crippen LogP contribution is -2.24. The molecular formula is C21H18N2O2S2. The molecule has 0 fully saturated rings. The molecule has 0 atom stereocenters. The van der Waals surface area contributed by atoms with Crippen LogP contribution in [-0.4, -0.2) is 15.3 Å². The van der Waals surface area contributed by atoms with Crippen LogP contribution in [0.4, 0.5) is 0 Å². The molecule has 4 rings (SSSR count). The zero-order valence-electron chi connectivity index (χ0n) is 15.3. The molecule has 27 heavy (non-hydrogen) atoms. The normalized spacial score (nSPS) is 11.2. The zero-order chi connectivity index (χ0) is 19.1. The highest BCUT2D eigenvalue weighted by Crippen LogP contribution is 2.31. The third-order valence-corrected chi connectivity index (χ3v) is 6.64. The molecule has 1 aromatic carbocycles. The number of carbonyl (C=O) groups excluding carboxylic acids is 1. The van der Waals surface area contributed by atoms with Gasteiger partial charge in [0.25, 0.3) is 5.56 Å². The van der Waals surface area contributed by atoms with Gasteiger partial charge in [0, 0.05) is 15.8 Å². The lowest BCUT2D eigenvalue weighted by molar-refractivity contribution is 0.0974. The minimum absolute atomic E-state index is 0.00391. The number of aromatic nitrogens is 2. The molecule has 3 aromatic heterocycles. The van der Waals surface area contributed by atoms with Crippen LogP contribution < -0.4 is 5.56 Å². The molecular weight excluding hydrogens is 376 g/mol. The Hall–Kier alpha value is -2.57. The van der Waals surface area contributed by atoms with Crippen molar-refractivity contribution in [2.45, 2.75) is 27.3 Å². The molecule has 3 heterocycles. The summed E-state index contributed by atoms with van der Waals surface area (Å²) >= 11 is 2.90. The highest BCUT2D eigenvalue weighted by Gasteiger charge is 2.16. The standard InChI is InChI=1S/C21H18N2O2S2/c1-12-4-6-15(8-13(12)2)16-10-26-20-19(16)21(25)23(11-22-20)9-17(24)18-7-5-14(3)27-18/h4-8,10-11H,9H2,1-3H3. The molecule has 0 aliphatic heterocycles. The SMILES string of the molecule is Cc1ccc(C(=O)Cn2cnc3scc(-c4ccc(C)c(C)c4)c3c2=O)s1. The van der Waals surface area contributed by atoms with E-state index in [4.69, 9.17) is 0 Å². The quantitative estimate of drug-likeness (QED) is 0.458. The summed E-state index contributed by atoms with van der Waals surface area (Å²) in [6, 6.07) is 9.91. The van der Waals surface area contributed by atoms with Crippen molar-refractivity contribution in [1.29, 1.82) is 0 Å². The van der Waals surface area contributed by atoms with E-state index >= 15 is 0 Å². The summed E-state index contributed by atoms with van der Waals surface area (Å²) in [7, 11) is 0. The van der Waals surface area contributed by atoms with Gasteiger partial charge in [-0.25, -0.2) is 4.98 Å². The fraction of sp³-hybridized carbons (Fsp3) is 0.190. The lowest BCUT2D eigenvalue weighted by atomic mass is 10.0. The Morgan fingerprint density at radius 3 is 2.63 bits per heavy atom. The molecule has 0 unspecified atom stereocenters. The fourth-order valence-electron chi connectivity index (χ4n) is 3.02. The number of benzene rings is 1. The van der Waals surface area contributed by atoms with Crippen LogP contribution in [0.1, 0.15) is 25.7 Å². The number of ketones is 1. The second-order valence-corrected chi connectivity index (χ2v) is 8.79. The van der Waals surface area contributed by atoms with E-state index in [-0.39, 0.29) is 17.9 Å². The highest BCUT2D eigenvalue weighted by atomic mass is 32.1. The van der Waals surface area contributed by atoms with Crippen LogP contribution in [0.2, 0.25) is 0 Å². The van der Waals surface area contributed by atoms with Gasteiger partial charge in [-0.05, 0) is 49.6 Å². The number of carbonyl (C=O) groups is 1. The summed E-state index contributed by atoms with van der Waals surface area (Å²) in [5.74, 6) is -0.0701. The van der Waals surface area contributed by atoms with Gasteiger partial charge in [0.05, 0.1) is 23.1 Å². The zero-order valence-corrected chi connectivity index (χ0v) is 16.9. The molecule has 0 amide bonds. The number of rotatable bonds is 4. The predicted octanol–water partition coefficient (Wildman–Crippen LogP) is 4.99. The van der Waals surface area contributed by atoms with E-state index in [0.29, 0.717) is 15.1 Å². The summed E-state index contributed by atoms with van der Waals surface area (Å²) < 4.78 is 1.41. The topological polar surface area (TPSA) is 52.0 Å². The van der Waals surface area contributed by atoms with Crippen molar-refractivity contribution in [2.24, 2.45) is 0 Å². The highest BCUT2D eigenvalue weighted by molar-refractivity contribution is 7.17. The third-order valence-electron chi connectivity index (χ3n) is 4.71. The van der Waals surface area contributed by atoms with Crippen LogP contribution in [-0.2, 0) is 6.54 Å². The third kappa shape index (κ3) is 3.26. The number of hydrogen-bond acceptors (Lipinski definition) is 5. The average Bonchev–Trinajstić information content (AvgIpc) is 3.26. The van der Waals surface area contributed by atoms with Gasteiger partial charge in [0.1, 0.15) is 4.83 Å². The Morgan fingerprint density at radius 2 is 1.93 bits per heavy atom. The lowest BCUT2D eigenvalue weighted by Gasteiger charge is -2.06. The molecule has 136 valence electrons. The van der Waals surface area contributed by atoms with E-state index in [2.05, 4.69) is 31.0 Å². The van der Waals surface area contributed by atoms with Gasteiger partial charge >= 0.3 is 0 Å². The second kappa shape index (κ2) is 6.87. The molecule has 0 bridgehead atoms. The molecule has 6 heteroatoms. The van der Waals surface area contributed by atoms with Gasteiger partial charge in [0.2, 0.25) is 0 Å². The Bertz CT molecular complexity index is 1230. The first kappa shape index (κ1) is 17.8. The van der Waals surface area contributed by atoms with E-state index < -0.39 is 0 Å². The summed E-state index contributed by atoms with van der Waals surface area (Å²) in [4.78, 5) is 32.5. The maximum absolute atomic E-state index is 13.1. The summed E-state index contributed by atoms with van der Waals surface area (Å²) in [5.41, 5.74) is 4.10. The van der Waals surface area contributed by atoms with Crippen molar-refractivity contribution >= 4 is 38.7 Å². The molecule has 0 saturated carbocycles.